The van der Waals surface area contributed by atoms with E-state index in [0.717, 1.165) is 38.8 Å². The van der Waals surface area contributed by atoms with Gasteiger partial charge in [0, 0.05) is 0 Å². The maximum Gasteiger partial charge on any atom is 0.324 e. The zero-order chi connectivity index (χ0) is 13.2. The van der Waals surface area contributed by atoms with Crippen LogP contribution in [0.5, 0.6) is 0 Å². The molecule has 2 fully saturated rings. The van der Waals surface area contributed by atoms with Crippen LogP contribution in [0.4, 0.5) is 0 Å². The molecule has 1 N–H and O–H groups in total. The Morgan fingerprint density at radius 1 is 1.11 bits per heavy atom. The van der Waals surface area contributed by atoms with Crippen molar-refractivity contribution in [2.75, 3.05) is 13.1 Å². The molecule has 0 spiro atoms. The number of aliphatic carboxylic acids is 1. The Morgan fingerprint density at radius 2 is 1.72 bits per heavy atom. The van der Waals surface area contributed by atoms with Gasteiger partial charge in [-0.2, -0.15) is 0 Å². The highest BCUT2D eigenvalue weighted by Gasteiger charge is 2.51. The Bertz CT molecular complexity index is 297. The lowest BCUT2D eigenvalue weighted by Gasteiger charge is -2.48. The number of carboxylic acids is 1. The minimum atomic E-state index is -0.581. The third-order valence-corrected chi connectivity index (χ3v) is 5.11. The van der Waals surface area contributed by atoms with Crippen LogP contribution in [0.3, 0.4) is 0 Å². The van der Waals surface area contributed by atoms with Gasteiger partial charge in [-0.1, -0.05) is 33.1 Å². The Balaban J connectivity index is 2.26. The summed E-state index contributed by atoms with van der Waals surface area (Å²) in [7, 11) is 0. The van der Waals surface area contributed by atoms with Gasteiger partial charge in [-0.15, -0.1) is 0 Å². The zero-order valence-corrected chi connectivity index (χ0v) is 11.8. The van der Waals surface area contributed by atoms with Gasteiger partial charge in [-0.3, -0.25) is 9.69 Å². The summed E-state index contributed by atoms with van der Waals surface area (Å²) in [6.07, 6.45) is 7.93. The second-order valence-corrected chi connectivity index (χ2v) is 6.42. The molecule has 1 heterocycles. The minimum absolute atomic E-state index is 0.282. The molecule has 1 saturated carbocycles. The van der Waals surface area contributed by atoms with Gasteiger partial charge in [0.1, 0.15) is 5.54 Å². The number of rotatable bonds is 2. The second kappa shape index (κ2) is 5.60. The maximum absolute atomic E-state index is 12.0. The van der Waals surface area contributed by atoms with Crippen LogP contribution in [0.15, 0.2) is 0 Å². The maximum atomic E-state index is 12.0. The summed E-state index contributed by atoms with van der Waals surface area (Å²) in [4.78, 5) is 14.3. The standard InChI is InChI=1S/C15H27NO2/c1-12-7-8-13(2)15(11-12,14(17)18)16-9-5-3-4-6-10-16/h12-13H,3-11H2,1-2H3,(H,17,18). The van der Waals surface area contributed by atoms with E-state index in [1.807, 2.05) is 0 Å². The fourth-order valence-electron chi connectivity index (χ4n) is 3.95. The molecule has 104 valence electrons. The first-order valence-electron chi connectivity index (χ1n) is 7.56. The molecular formula is C15H27NO2. The summed E-state index contributed by atoms with van der Waals surface area (Å²) >= 11 is 0. The Hall–Kier alpha value is -0.570. The molecule has 3 unspecified atom stereocenters. The first-order chi connectivity index (χ1) is 8.57. The second-order valence-electron chi connectivity index (χ2n) is 6.42. The molecule has 0 aromatic rings. The number of nitrogens with zero attached hydrogens (tertiary/aromatic N) is 1. The zero-order valence-electron chi connectivity index (χ0n) is 11.8. The first kappa shape index (κ1) is 13.9. The van der Waals surface area contributed by atoms with E-state index in [2.05, 4.69) is 18.7 Å². The summed E-state index contributed by atoms with van der Waals surface area (Å²) in [5.74, 6) is 0.244. The molecule has 1 aliphatic carbocycles. The summed E-state index contributed by atoms with van der Waals surface area (Å²) in [5, 5.41) is 9.88. The van der Waals surface area contributed by atoms with Gasteiger partial charge in [0.15, 0.2) is 0 Å². The van der Waals surface area contributed by atoms with Crippen molar-refractivity contribution in [2.24, 2.45) is 11.8 Å². The fraction of sp³-hybridized carbons (Fsp3) is 0.933. The lowest BCUT2D eigenvalue weighted by Crippen LogP contribution is -2.61. The fourth-order valence-corrected chi connectivity index (χ4v) is 3.95. The molecule has 3 atom stereocenters. The van der Waals surface area contributed by atoms with E-state index in [9.17, 15) is 9.90 Å². The van der Waals surface area contributed by atoms with Gasteiger partial charge in [-0.25, -0.2) is 0 Å². The van der Waals surface area contributed by atoms with E-state index in [1.54, 1.807) is 0 Å². The van der Waals surface area contributed by atoms with Crippen molar-refractivity contribution in [3.8, 4) is 0 Å². The Morgan fingerprint density at radius 3 is 2.28 bits per heavy atom. The number of carboxylic acid groups (broad SMARTS) is 1. The molecule has 1 saturated heterocycles. The number of carbonyl (C=O) groups is 1. The number of hydrogen-bond acceptors (Lipinski definition) is 2. The predicted molar refractivity (Wildman–Crippen MR) is 72.6 cm³/mol. The van der Waals surface area contributed by atoms with Crippen molar-refractivity contribution in [3.63, 3.8) is 0 Å². The van der Waals surface area contributed by atoms with E-state index in [1.165, 1.54) is 19.3 Å². The summed E-state index contributed by atoms with van der Waals surface area (Å²) < 4.78 is 0. The predicted octanol–water partition coefficient (Wildman–Crippen LogP) is 3.14. The molecule has 3 heteroatoms. The van der Waals surface area contributed by atoms with Crippen molar-refractivity contribution >= 4 is 5.97 Å². The minimum Gasteiger partial charge on any atom is -0.480 e. The molecule has 0 aromatic heterocycles. The van der Waals surface area contributed by atoms with Crippen LogP contribution in [-0.4, -0.2) is 34.6 Å². The molecule has 0 aromatic carbocycles. The van der Waals surface area contributed by atoms with E-state index >= 15 is 0 Å². The van der Waals surface area contributed by atoms with Gasteiger partial charge in [0.25, 0.3) is 0 Å². The van der Waals surface area contributed by atoms with Crippen LogP contribution in [-0.2, 0) is 4.79 Å². The molecular weight excluding hydrogens is 226 g/mol. The smallest absolute Gasteiger partial charge is 0.324 e. The SMILES string of the molecule is CC1CCC(C)C(C(=O)O)(N2CCCCCC2)C1. The van der Waals surface area contributed by atoms with Crippen LogP contribution < -0.4 is 0 Å². The van der Waals surface area contributed by atoms with Gasteiger partial charge < -0.3 is 5.11 Å². The van der Waals surface area contributed by atoms with Crippen LogP contribution in [0, 0.1) is 11.8 Å². The topological polar surface area (TPSA) is 40.5 Å². The third kappa shape index (κ3) is 2.42. The lowest BCUT2D eigenvalue weighted by atomic mass is 9.68. The molecule has 1 aliphatic heterocycles. The van der Waals surface area contributed by atoms with E-state index in [-0.39, 0.29) is 5.92 Å². The van der Waals surface area contributed by atoms with Gasteiger partial charge in [-0.05, 0) is 50.6 Å². The van der Waals surface area contributed by atoms with Crippen molar-refractivity contribution in [2.45, 2.75) is 64.3 Å². The van der Waals surface area contributed by atoms with Crippen molar-refractivity contribution in [1.29, 1.82) is 0 Å². The lowest BCUT2D eigenvalue weighted by molar-refractivity contribution is -0.160. The first-order valence-corrected chi connectivity index (χ1v) is 7.56. The van der Waals surface area contributed by atoms with Crippen molar-refractivity contribution in [1.82, 2.24) is 4.90 Å². The van der Waals surface area contributed by atoms with Gasteiger partial charge in [0.05, 0.1) is 0 Å². The van der Waals surface area contributed by atoms with Crippen LogP contribution >= 0.6 is 0 Å². The number of likely N-dealkylation sites (tertiary alicyclic amines) is 1. The largest absolute Gasteiger partial charge is 0.480 e. The molecule has 18 heavy (non-hydrogen) atoms. The average Bonchev–Trinajstić information content (AvgIpc) is 2.61. The Labute approximate surface area is 111 Å². The van der Waals surface area contributed by atoms with Gasteiger partial charge >= 0.3 is 5.97 Å². The molecule has 0 amide bonds. The summed E-state index contributed by atoms with van der Waals surface area (Å²) in [6.45, 7) is 6.30. The Kier molecular flexibility index (Phi) is 4.31. The van der Waals surface area contributed by atoms with E-state index in [0.29, 0.717) is 5.92 Å². The van der Waals surface area contributed by atoms with E-state index in [4.69, 9.17) is 0 Å². The molecule has 2 aliphatic rings. The highest BCUT2D eigenvalue weighted by Crippen LogP contribution is 2.42. The van der Waals surface area contributed by atoms with E-state index < -0.39 is 11.5 Å². The summed E-state index contributed by atoms with van der Waals surface area (Å²) in [5.41, 5.74) is -0.581. The molecule has 0 bridgehead atoms. The van der Waals surface area contributed by atoms with Crippen molar-refractivity contribution < 1.29 is 9.90 Å². The van der Waals surface area contributed by atoms with Crippen molar-refractivity contribution in [3.05, 3.63) is 0 Å². The molecule has 0 radical (unpaired) electrons. The molecule has 2 rings (SSSR count). The van der Waals surface area contributed by atoms with Gasteiger partial charge in [0.2, 0.25) is 0 Å². The quantitative estimate of drug-likeness (QED) is 0.822. The monoisotopic (exact) mass is 253 g/mol. The normalized spacial score (nSPS) is 39.2. The highest BCUT2D eigenvalue weighted by atomic mass is 16.4. The van der Waals surface area contributed by atoms with Crippen LogP contribution in [0.1, 0.15) is 58.8 Å². The van der Waals surface area contributed by atoms with Crippen LogP contribution in [0.2, 0.25) is 0 Å². The third-order valence-electron chi connectivity index (χ3n) is 5.11. The molecule has 3 nitrogen and oxygen atoms in total. The average molecular weight is 253 g/mol. The van der Waals surface area contributed by atoms with Crippen LogP contribution in [0.25, 0.3) is 0 Å². The highest BCUT2D eigenvalue weighted by molar-refractivity contribution is 5.79. The number of hydrogen-bond donors (Lipinski definition) is 1. The summed E-state index contributed by atoms with van der Waals surface area (Å²) in [6, 6.07) is 0.